The summed E-state index contributed by atoms with van der Waals surface area (Å²) in [7, 11) is 0. The highest BCUT2D eigenvalue weighted by Crippen LogP contribution is 2.12. The largest absolute Gasteiger partial charge is 0.396 e. The van der Waals surface area contributed by atoms with Gasteiger partial charge in [0.1, 0.15) is 0 Å². The van der Waals surface area contributed by atoms with Crippen LogP contribution in [0.1, 0.15) is 37.6 Å². The minimum Gasteiger partial charge on any atom is -0.396 e. The minimum atomic E-state index is 0.134. The van der Waals surface area contributed by atoms with Gasteiger partial charge in [-0.15, -0.1) is 0 Å². The average molecular weight is 252 g/mol. The molecule has 0 saturated carbocycles. The number of hydrogen-bond donors (Lipinski definition) is 2. The number of rotatable bonds is 8. The highest BCUT2D eigenvalue weighted by molar-refractivity contribution is 5.13. The second kappa shape index (κ2) is 8.19. The van der Waals surface area contributed by atoms with Crippen LogP contribution in [0.25, 0.3) is 0 Å². The summed E-state index contributed by atoms with van der Waals surface area (Å²) >= 11 is 0. The van der Waals surface area contributed by atoms with E-state index in [1.54, 1.807) is 0 Å². The van der Waals surface area contributed by atoms with Gasteiger partial charge >= 0.3 is 0 Å². The zero-order valence-corrected chi connectivity index (χ0v) is 11.3. The molecule has 0 bridgehead atoms. The van der Waals surface area contributed by atoms with Crippen LogP contribution < -0.4 is 0 Å². The Morgan fingerprint density at radius 1 is 1.17 bits per heavy atom. The van der Waals surface area contributed by atoms with Crippen LogP contribution in [0.5, 0.6) is 0 Å². The van der Waals surface area contributed by atoms with Crippen LogP contribution in [0.15, 0.2) is 18.2 Å². The van der Waals surface area contributed by atoms with Gasteiger partial charge in [0.2, 0.25) is 0 Å². The van der Waals surface area contributed by atoms with Crippen LogP contribution in [0.4, 0.5) is 0 Å². The quantitative estimate of drug-likeness (QED) is 0.734. The summed E-state index contributed by atoms with van der Waals surface area (Å²) in [6.45, 7) is 6.70. The van der Waals surface area contributed by atoms with Gasteiger partial charge in [0, 0.05) is 31.9 Å². The molecular weight excluding hydrogens is 228 g/mol. The molecule has 1 aromatic heterocycles. The van der Waals surface area contributed by atoms with Crippen molar-refractivity contribution in [1.82, 2.24) is 9.88 Å². The fourth-order valence-corrected chi connectivity index (χ4v) is 1.84. The highest BCUT2D eigenvalue weighted by atomic mass is 16.3. The molecule has 0 fully saturated rings. The van der Waals surface area contributed by atoms with E-state index < -0.39 is 0 Å². The van der Waals surface area contributed by atoms with Crippen molar-refractivity contribution in [3.8, 4) is 0 Å². The standard InChI is InChI=1S/C14H24N2O2/c1-12(2)14-6-3-5-13(15-14)11-16(8-10-18)7-4-9-17/h3,5-6,12,17-18H,4,7-11H2,1-2H3. The molecule has 1 heterocycles. The van der Waals surface area contributed by atoms with Crippen molar-refractivity contribution in [2.24, 2.45) is 0 Å². The molecule has 0 saturated heterocycles. The second-order valence-corrected chi connectivity index (χ2v) is 4.79. The van der Waals surface area contributed by atoms with Crippen molar-refractivity contribution in [2.75, 3.05) is 26.3 Å². The first-order valence-corrected chi connectivity index (χ1v) is 6.57. The third-order valence-corrected chi connectivity index (χ3v) is 2.85. The Bertz CT molecular complexity index is 342. The lowest BCUT2D eigenvalue weighted by Gasteiger charge is -2.20. The van der Waals surface area contributed by atoms with E-state index in [4.69, 9.17) is 10.2 Å². The van der Waals surface area contributed by atoms with Crippen molar-refractivity contribution >= 4 is 0 Å². The summed E-state index contributed by atoms with van der Waals surface area (Å²) in [6.07, 6.45) is 0.726. The predicted molar refractivity (Wildman–Crippen MR) is 72.4 cm³/mol. The van der Waals surface area contributed by atoms with Crippen molar-refractivity contribution in [2.45, 2.75) is 32.7 Å². The lowest BCUT2D eigenvalue weighted by atomic mass is 10.1. The van der Waals surface area contributed by atoms with Crippen LogP contribution in [-0.2, 0) is 6.54 Å². The van der Waals surface area contributed by atoms with E-state index in [0.717, 1.165) is 30.9 Å². The summed E-state index contributed by atoms with van der Waals surface area (Å²) in [5.41, 5.74) is 2.12. The normalized spacial score (nSPS) is 11.4. The number of hydrogen-bond acceptors (Lipinski definition) is 4. The van der Waals surface area contributed by atoms with Crippen molar-refractivity contribution in [1.29, 1.82) is 0 Å². The summed E-state index contributed by atoms with van der Waals surface area (Å²) in [6, 6.07) is 6.08. The molecule has 0 amide bonds. The third kappa shape index (κ3) is 5.12. The Kier molecular flexibility index (Phi) is 6.86. The van der Waals surface area contributed by atoms with E-state index in [1.165, 1.54) is 0 Å². The Balaban J connectivity index is 2.64. The second-order valence-electron chi connectivity index (χ2n) is 4.79. The lowest BCUT2D eigenvalue weighted by molar-refractivity contribution is 0.173. The van der Waals surface area contributed by atoms with Crippen molar-refractivity contribution < 1.29 is 10.2 Å². The van der Waals surface area contributed by atoms with E-state index >= 15 is 0 Å². The Morgan fingerprint density at radius 2 is 1.94 bits per heavy atom. The summed E-state index contributed by atoms with van der Waals surface area (Å²) in [5, 5.41) is 17.9. The van der Waals surface area contributed by atoms with E-state index in [0.29, 0.717) is 12.5 Å². The highest BCUT2D eigenvalue weighted by Gasteiger charge is 2.07. The maximum atomic E-state index is 9.03. The van der Waals surface area contributed by atoms with Gasteiger partial charge in [-0.3, -0.25) is 9.88 Å². The van der Waals surface area contributed by atoms with Gasteiger partial charge in [-0.2, -0.15) is 0 Å². The monoisotopic (exact) mass is 252 g/mol. The predicted octanol–water partition coefficient (Wildman–Crippen LogP) is 1.38. The van der Waals surface area contributed by atoms with Crippen LogP contribution in [0.3, 0.4) is 0 Å². The van der Waals surface area contributed by atoms with Crippen LogP contribution in [0, 0.1) is 0 Å². The third-order valence-electron chi connectivity index (χ3n) is 2.85. The first-order chi connectivity index (χ1) is 8.67. The van der Waals surface area contributed by atoms with E-state index in [-0.39, 0.29) is 13.2 Å². The Morgan fingerprint density at radius 3 is 2.56 bits per heavy atom. The molecule has 1 rings (SSSR count). The molecule has 0 aromatic carbocycles. The molecule has 0 aliphatic rings. The molecule has 18 heavy (non-hydrogen) atoms. The Labute approximate surface area is 109 Å². The number of nitrogens with zero attached hydrogens (tertiary/aromatic N) is 2. The molecule has 4 nitrogen and oxygen atoms in total. The number of aliphatic hydroxyl groups is 2. The zero-order valence-electron chi connectivity index (χ0n) is 11.3. The van der Waals surface area contributed by atoms with Crippen molar-refractivity contribution in [3.63, 3.8) is 0 Å². The van der Waals surface area contributed by atoms with E-state index in [9.17, 15) is 0 Å². The topological polar surface area (TPSA) is 56.6 Å². The van der Waals surface area contributed by atoms with Gasteiger partial charge in [0.15, 0.2) is 0 Å². The van der Waals surface area contributed by atoms with Crippen LogP contribution >= 0.6 is 0 Å². The van der Waals surface area contributed by atoms with Gasteiger partial charge < -0.3 is 10.2 Å². The Hall–Kier alpha value is -0.970. The molecule has 0 radical (unpaired) electrons. The molecular formula is C14H24N2O2. The van der Waals surface area contributed by atoms with Gasteiger partial charge in [-0.05, 0) is 24.5 Å². The fraction of sp³-hybridized carbons (Fsp3) is 0.643. The molecule has 1 aromatic rings. The van der Waals surface area contributed by atoms with Gasteiger partial charge in [0.25, 0.3) is 0 Å². The average Bonchev–Trinajstić information content (AvgIpc) is 2.36. The molecule has 0 spiro atoms. The molecule has 2 N–H and O–H groups in total. The molecule has 102 valence electrons. The van der Waals surface area contributed by atoms with Gasteiger partial charge in [-0.25, -0.2) is 0 Å². The first-order valence-electron chi connectivity index (χ1n) is 6.57. The summed E-state index contributed by atoms with van der Waals surface area (Å²) in [5.74, 6) is 0.425. The molecule has 0 unspecified atom stereocenters. The molecule has 4 heteroatoms. The first kappa shape index (κ1) is 15.1. The maximum absolute atomic E-state index is 9.03. The smallest absolute Gasteiger partial charge is 0.0558 e. The van der Waals surface area contributed by atoms with E-state index in [2.05, 4.69) is 23.7 Å². The molecule has 0 atom stereocenters. The van der Waals surface area contributed by atoms with Gasteiger partial charge in [0.05, 0.1) is 12.3 Å². The SMILES string of the molecule is CC(C)c1cccc(CN(CCO)CCCO)n1. The summed E-state index contributed by atoms with van der Waals surface area (Å²) in [4.78, 5) is 6.73. The summed E-state index contributed by atoms with van der Waals surface area (Å²) < 4.78 is 0. The van der Waals surface area contributed by atoms with Crippen LogP contribution in [-0.4, -0.2) is 46.4 Å². The van der Waals surface area contributed by atoms with Gasteiger partial charge in [-0.1, -0.05) is 19.9 Å². The molecule has 0 aliphatic carbocycles. The number of aromatic nitrogens is 1. The van der Waals surface area contributed by atoms with Crippen molar-refractivity contribution in [3.05, 3.63) is 29.6 Å². The molecule has 0 aliphatic heterocycles. The van der Waals surface area contributed by atoms with E-state index in [1.807, 2.05) is 18.2 Å². The zero-order chi connectivity index (χ0) is 13.4. The minimum absolute atomic E-state index is 0.134. The fourth-order valence-electron chi connectivity index (χ4n) is 1.84. The maximum Gasteiger partial charge on any atom is 0.0558 e. The number of pyridine rings is 1. The lowest BCUT2D eigenvalue weighted by Crippen LogP contribution is -2.28. The van der Waals surface area contributed by atoms with Crippen LogP contribution in [0.2, 0.25) is 0 Å². The number of aliphatic hydroxyl groups excluding tert-OH is 2.